The molecule has 0 amide bonds. The number of halogens is 1. The van der Waals surface area contributed by atoms with Gasteiger partial charge in [0.15, 0.2) is 0 Å². The molecule has 1 aromatic heterocycles. The van der Waals surface area contributed by atoms with Crippen LogP contribution in [0.3, 0.4) is 0 Å². The van der Waals surface area contributed by atoms with Gasteiger partial charge < -0.3 is 0 Å². The van der Waals surface area contributed by atoms with E-state index in [1.165, 1.54) is 14.9 Å². The van der Waals surface area contributed by atoms with Crippen molar-refractivity contribution in [1.82, 2.24) is 5.43 Å². The second-order valence-electron chi connectivity index (χ2n) is 3.95. The van der Waals surface area contributed by atoms with Gasteiger partial charge in [-0.2, -0.15) is 0 Å². The number of nitrogens with one attached hydrogen (secondary N) is 1. The average molecular weight is 311 g/mol. The van der Waals surface area contributed by atoms with E-state index in [1.54, 1.807) is 11.3 Å². The maximum Gasteiger partial charge on any atom is 0.0314 e. The minimum atomic E-state index is 0.271. The van der Waals surface area contributed by atoms with Gasteiger partial charge in [-0.1, -0.05) is 30.3 Å². The molecule has 2 aromatic rings. The third-order valence-electron chi connectivity index (χ3n) is 2.68. The second-order valence-corrected chi connectivity index (χ2v) is 5.80. The van der Waals surface area contributed by atoms with Crippen LogP contribution in [0, 0.1) is 0 Å². The van der Waals surface area contributed by atoms with Gasteiger partial charge >= 0.3 is 0 Å². The molecular formula is C13H15BrN2S. The topological polar surface area (TPSA) is 38.0 Å². The Morgan fingerprint density at radius 3 is 2.53 bits per heavy atom. The number of rotatable bonds is 5. The molecule has 1 aromatic carbocycles. The van der Waals surface area contributed by atoms with E-state index < -0.39 is 0 Å². The molecule has 0 aliphatic heterocycles. The summed E-state index contributed by atoms with van der Waals surface area (Å²) in [5.41, 5.74) is 4.21. The smallest absolute Gasteiger partial charge is 0.0314 e. The predicted octanol–water partition coefficient (Wildman–Crippen LogP) is 3.13. The lowest BCUT2D eigenvalue weighted by molar-refractivity contribution is 0.525. The highest BCUT2D eigenvalue weighted by Gasteiger charge is 2.11. The van der Waals surface area contributed by atoms with Crippen LogP contribution in [0.1, 0.15) is 10.4 Å². The molecule has 0 fully saturated rings. The summed E-state index contributed by atoms with van der Waals surface area (Å²) in [6.07, 6.45) is 1.89. The van der Waals surface area contributed by atoms with Crippen LogP contribution in [-0.4, -0.2) is 6.04 Å². The number of hydrazine groups is 1. The molecule has 0 aliphatic carbocycles. The average Bonchev–Trinajstić information content (AvgIpc) is 2.75. The highest BCUT2D eigenvalue weighted by Crippen LogP contribution is 2.24. The first-order valence-electron chi connectivity index (χ1n) is 5.51. The van der Waals surface area contributed by atoms with Crippen LogP contribution in [0.5, 0.6) is 0 Å². The van der Waals surface area contributed by atoms with E-state index >= 15 is 0 Å². The molecular weight excluding hydrogens is 296 g/mol. The largest absolute Gasteiger partial charge is 0.271 e. The van der Waals surface area contributed by atoms with Crippen molar-refractivity contribution in [2.75, 3.05) is 0 Å². The molecule has 0 bridgehead atoms. The Morgan fingerprint density at radius 2 is 1.94 bits per heavy atom. The van der Waals surface area contributed by atoms with Gasteiger partial charge in [0.1, 0.15) is 0 Å². The molecule has 2 rings (SSSR count). The quantitative estimate of drug-likeness (QED) is 0.658. The number of benzene rings is 1. The molecule has 1 heterocycles. The van der Waals surface area contributed by atoms with E-state index in [4.69, 9.17) is 5.84 Å². The van der Waals surface area contributed by atoms with E-state index in [9.17, 15) is 0 Å². The highest BCUT2D eigenvalue weighted by molar-refractivity contribution is 9.10. The number of nitrogens with two attached hydrogens (primary N) is 1. The predicted molar refractivity (Wildman–Crippen MR) is 77.0 cm³/mol. The first-order chi connectivity index (χ1) is 8.29. The zero-order chi connectivity index (χ0) is 12.1. The maximum atomic E-state index is 5.63. The van der Waals surface area contributed by atoms with Crippen molar-refractivity contribution in [3.8, 4) is 0 Å². The zero-order valence-corrected chi connectivity index (χ0v) is 11.8. The van der Waals surface area contributed by atoms with Gasteiger partial charge in [-0.05, 0) is 45.8 Å². The van der Waals surface area contributed by atoms with Crippen molar-refractivity contribution in [3.05, 3.63) is 56.7 Å². The second kappa shape index (κ2) is 6.31. The van der Waals surface area contributed by atoms with Gasteiger partial charge in [-0.3, -0.25) is 11.3 Å². The molecule has 0 aliphatic rings. The Morgan fingerprint density at radius 1 is 1.18 bits per heavy atom. The lowest BCUT2D eigenvalue weighted by Gasteiger charge is -2.15. The molecule has 0 saturated heterocycles. The molecule has 0 radical (unpaired) electrons. The summed E-state index contributed by atoms with van der Waals surface area (Å²) in [7, 11) is 0. The van der Waals surface area contributed by atoms with Crippen LogP contribution in [0.4, 0.5) is 0 Å². The van der Waals surface area contributed by atoms with Crippen molar-refractivity contribution in [2.24, 2.45) is 5.84 Å². The van der Waals surface area contributed by atoms with Crippen molar-refractivity contribution in [1.29, 1.82) is 0 Å². The third-order valence-corrected chi connectivity index (χ3v) is 4.63. The van der Waals surface area contributed by atoms with E-state index in [-0.39, 0.29) is 6.04 Å². The summed E-state index contributed by atoms with van der Waals surface area (Å²) >= 11 is 5.31. The van der Waals surface area contributed by atoms with Gasteiger partial charge in [-0.15, -0.1) is 11.3 Å². The van der Waals surface area contributed by atoms with Gasteiger partial charge in [0, 0.05) is 15.4 Å². The minimum absolute atomic E-state index is 0.271. The van der Waals surface area contributed by atoms with Gasteiger partial charge in [0.2, 0.25) is 0 Å². The van der Waals surface area contributed by atoms with E-state index in [0.29, 0.717) is 0 Å². The lowest BCUT2D eigenvalue weighted by Crippen LogP contribution is -2.38. The Kier molecular flexibility index (Phi) is 4.74. The van der Waals surface area contributed by atoms with E-state index in [0.717, 1.165) is 12.8 Å². The van der Waals surface area contributed by atoms with Crippen LogP contribution in [0.15, 0.2) is 46.3 Å². The first-order valence-corrected chi connectivity index (χ1v) is 7.19. The summed E-state index contributed by atoms with van der Waals surface area (Å²) in [5.74, 6) is 5.63. The van der Waals surface area contributed by atoms with Crippen molar-refractivity contribution < 1.29 is 0 Å². The Bertz CT molecular complexity index is 455. The Labute approximate surface area is 114 Å². The molecule has 17 heavy (non-hydrogen) atoms. The fraction of sp³-hybridized carbons (Fsp3) is 0.231. The van der Waals surface area contributed by atoms with Crippen LogP contribution in [0.2, 0.25) is 0 Å². The van der Waals surface area contributed by atoms with Crippen LogP contribution >= 0.6 is 27.3 Å². The van der Waals surface area contributed by atoms with E-state index in [1.807, 2.05) is 6.07 Å². The van der Waals surface area contributed by atoms with Gasteiger partial charge in [0.05, 0.1) is 0 Å². The van der Waals surface area contributed by atoms with Crippen molar-refractivity contribution in [3.63, 3.8) is 0 Å². The van der Waals surface area contributed by atoms with Crippen LogP contribution in [-0.2, 0) is 12.8 Å². The first kappa shape index (κ1) is 12.8. The lowest BCUT2D eigenvalue weighted by atomic mass is 10.0. The molecule has 0 spiro atoms. The Balaban J connectivity index is 2.00. The number of hydrogen-bond acceptors (Lipinski definition) is 3. The SMILES string of the molecule is NNC(Cc1ccccc1)Cc1sccc1Br. The number of thiophene rings is 1. The summed E-state index contributed by atoms with van der Waals surface area (Å²) in [4.78, 5) is 1.34. The summed E-state index contributed by atoms with van der Waals surface area (Å²) in [5, 5.41) is 2.09. The molecule has 2 nitrogen and oxygen atoms in total. The molecule has 3 N–H and O–H groups in total. The fourth-order valence-corrected chi connectivity index (χ4v) is 3.38. The van der Waals surface area contributed by atoms with Crippen LogP contribution in [0.25, 0.3) is 0 Å². The van der Waals surface area contributed by atoms with Crippen molar-refractivity contribution >= 4 is 27.3 Å². The third kappa shape index (κ3) is 3.64. The maximum absolute atomic E-state index is 5.63. The molecule has 0 saturated carbocycles. The molecule has 1 atom stereocenters. The van der Waals surface area contributed by atoms with Gasteiger partial charge in [0.25, 0.3) is 0 Å². The molecule has 1 unspecified atom stereocenters. The highest BCUT2D eigenvalue weighted by atomic mass is 79.9. The summed E-state index contributed by atoms with van der Waals surface area (Å²) in [6.45, 7) is 0. The van der Waals surface area contributed by atoms with E-state index in [2.05, 4.69) is 57.1 Å². The zero-order valence-electron chi connectivity index (χ0n) is 9.40. The minimum Gasteiger partial charge on any atom is -0.271 e. The summed E-state index contributed by atoms with van der Waals surface area (Å²) in [6, 6.07) is 12.8. The normalized spacial score (nSPS) is 12.6. The summed E-state index contributed by atoms with van der Waals surface area (Å²) < 4.78 is 1.18. The van der Waals surface area contributed by atoms with Crippen LogP contribution < -0.4 is 11.3 Å². The fourth-order valence-electron chi connectivity index (χ4n) is 1.78. The molecule has 4 heteroatoms. The number of hydrogen-bond donors (Lipinski definition) is 2. The van der Waals surface area contributed by atoms with Gasteiger partial charge in [-0.25, -0.2) is 0 Å². The molecule has 90 valence electrons. The Hall–Kier alpha value is -0.680. The standard InChI is InChI=1S/C13H15BrN2S/c14-12-6-7-17-13(12)9-11(16-15)8-10-4-2-1-3-5-10/h1-7,11,16H,8-9,15H2. The monoisotopic (exact) mass is 310 g/mol. The van der Waals surface area contributed by atoms with Crippen molar-refractivity contribution in [2.45, 2.75) is 18.9 Å².